The van der Waals surface area contributed by atoms with Crippen molar-refractivity contribution < 1.29 is 0 Å². The molecule has 0 aromatic heterocycles. The molecule has 3 heteroatoms. The van der Waals surface area contributed by atoms with Gasteiger partial charge in [0.05, 0.1) is 11.4 Å². The van der Waals surface area contributed by atoms with Crippen LogP contribution < -0.4 is 17.2 Å². The maximum Gasteiger partial charge on any atom is 0.0601 e. The normalized spacial score (nSPS) is 9.92. The van der Waals surface area contributed by atoms with Crippen molar-refractivity contribution in [2.75, 3.05) is 17.2 Å². The molecule has 0 spiro atoms. The average molecular weight is 177 g/mol. The molecule has 0 aliphatic heterocycles. The zero-order valence-corrected chi connectivity index (χ0v) is 7.80. The summed E-state index contributed by atoms with van der Waals surface area (Å²) in [5.41, 5.74) is 21.0. The highest BCUT2D eigenvalue weighted by Crippen LogP contribution is 2.29. The maximum atomic E-state index is 5.81. The van der Waals surface area contributed by atoms with Crippen molar-refractivity contribution in [3.8, 4) is 0 Å². The lowest BCUT2D eigenvalue weighted by molar-refractivity contribution is 1.27. The van der Waals surface area contributed by atoms with Crippen LogP contribution >= 0.6 is 0 Å². The zero-order valence-electron chi connectivity index (χ0n) is 7.80. The molecule has 1 aromatic rings. The highest BCUT2D eigenvalue weighted by molar-refractivity contribution is 5.77. The lowest BCUT2D eigenvalue weighted by atomic mass is 10.0. The SMILES string of the molecule is C=CCc1cc(N)c(C)c(N)c1N. The first-order valence-electron chi connectivity index (χ1n) is 4.11. The van der Waals surface area contributed by atoms with Gasteiger partial charge in [-0.25, -0.2) is 0 Å². The number of rotatable bonds is 2. The van der Waals surface area contributed by atoms with Crippen LogP contribution in [0.4, 0.5) is 17.1 Å². The van der Waals surface area contributed by atoms with Gasteiger partial charge in [0, 0.05) is 5.69 Å². The molecule has 0 aliphatic carbocycles. The Morgan fingerprint density at radius 1 is 1.31 bits per heavy atom. The minimum Gasteiger partial charge on any atom is -0.398 e. The van der Waals surface area contributed by atoms with E-state index in [4.69, 9.17) is 17.2 Å². The van der Waals surface area contributed by atoms with Gasteiger partial charge in [0.15, 0.2) is 0 Å². The Hall–Kier alpha value is -1.64. The van der Waals surface area contributed by atoms with E-state index in [-0.39, 0.29) is 0 Å². The number of benzene rings is 1. The van der Waals surface area contributed by atoms with Gasteiger partial charge in [0.1, 0.15) is 0 Å². The van der Waals surface area contributed by atoms with E-state index in [0.29, 0.717) is 23.5 Å². The summed E-state index contributed by atoms with van der Waals surface area (Å²) < 4.78 is 0. The van der Waals surface area contributed by atoms with E-state index >= 15 is 0 Å². The summed E-state index contributed by atoms with van der Waals surface area (Å²) >= 11 is 0. The van der Waals surface area contributed by atoms with Crippen molar-refractivity contribution in [2.45, 2.75) is 13.3 Å². The van der Waals surface area contributed by atoms with Crippen LogP contribution in [0.15, 0.2) is 18.7 Å². The smallest absolute Gasteiger partial charge is 0.0601 e. The third-order valence-corrected chi connectivity index (χ3v) is 2.17. The molecule has 3 nitrogen and oxygen atoms in total. The summed E-state index contributed by atoms with van der Waals surface area (Å²) in [5, 5.41) is 0. The Morgan fingerprint density at radius 3 is 2.46 bits per heavy atom. The van der Waals surface area contributed by atoms with Gasteiger partial charge in [-0.2, -0.15) is 0 Å². The van der Waals surface area contributed by atoms with Crippen LogP contribution in [0, 0.1) is 6.92 Å². The Morgan fingerprint density at radius 2 is 1.92 bits per heavy atom. The van der Waals surface area contributed by atoms with E-state index in [1.54, 1.807) is 6.08 Å². The van der Waals surface area contributed by atoms with E-state index in [0.717, 1.165) is 11.1 Å². The van der Waals surface area contributed by atoms with Gasteiger partial charge in [-0.1, -0.05) is 6.08 Å². The summed E-state index contributed by atoms with van der Waals surface area (Å²) in [6, 6.07) is 1.85. The molecule has 0 fully saturated rings. The zero-order chi connectivity index (χ0) is 10.0. The van der Waals surface area contributed by atoms with Gasteiger partial charge >= 0.3 is 0 Å². The van der Waals surface area contributed by atoms with E-state index in [1.807, 2.05) is 13.0 Å². The molecule has 0 aliphatic rings. The van der Waals surface area contributed by atoms with Gasteiger partial charge in [0.25, 0.3) is 0 Å². The van der Waals surface area contributed by atoms with Crippen molar-refractivity contribution >= 4 is 17.1 Å². The summed E-state index contributed by atoms with van der Waals surface area (Å²) in [4.78, 5) is 0. The van der Waals surface area contributed by atoms with Crippen LogP contribution in [0.5, 0.6) is 0 Å². The van der Waals surface area contributed by atoms with Gasteiger partial charge in [0.2, 0.25) is 0 Å². The molecule has 0 saturated carbocycles. The van der Waals surface area contributed by atoms with Crippen LogP contribution in [0.3, 0.4) is 0 Å². The lowest BCUT2D eigenvalue weighted by Crippen LogP contribution is -2.04. The fraction of sp³-hybridized carbons (Fsp3) is 0.200. The first-order valence-corrected chi connectivity index (χ1v) is 4.11. The van der Waals surface area contributed by atoms with Crippen LogP contribution in [-0.2, 0) is 6.42 Å². The topological polar surface area (TPSA) is 78.1 Å². The first-order chi connectivity index (χ1) is 6.07. The maximum absolute atomic E-state index is 5.81. The fourth-order valence-electron chi connectivity index (χ4n) is 1.23. The minimum absolute atomic E-state index is 0.580. The van der Waals surface area contributed by atoms with Crippen molar-refractivity contribution in [1.29, 1.82) is 0 Å². The molecule has 0 bridgehead atoms. The molecule has 0 heterocycles. The predicted octanol–water partition coefficient (Wildman–Crippen LogP) is 1.47. The predicted molar refractivity (Wildman–Crippen MR) is 58.3 cm³/mol. The van der Waals surface area contributed by atoms with Crippen molar-refractivity contribution in [3.63, 3.8) is 0 Å². The van der Waals surface area contributed by atoms with Crippen LogP contribution in [-0.4, -0.2) is 0 Å². The van der Waals surface area contributed by atoms with Crippen LogP contribution in [0.1, 0.15) is 11.1 Å². The monoisotopic (exact) mass is 177 g/mol. The van der Waals surface area contributed by atoms with Crippen molar-refractivity contribution in [1.82, 2.24) is 0 Å². The fourth-order valence-corrected chi connectivity index (χ4v) is 1.23. The number of allylic oxidation sites excluding steroid dienone is 1. The quantitative estimate of drug-likeness (QED) is 0.473. The molecule has 0 saturated heterocycles. The van der Waals surface area contributed by atoms with Crippen LogP contribution in [0.2, 0.25) is 0 Å². The Bertz CT molecular complexity index is 343. The van der Waals surface area contributed by atoms with Gasteiger partial charge in [-0.15, -0.1) is 6.58 Å². The Balaban J connectivity index is 3.31. The molecular formula is C10H15N3. The number of nitrogens with two attached hydrogens (primary N) is 3. The van der Waals surface area contributed by atoms with E-state index in [9.17, 15) is 0 Å². The molecule has 70 valence electrons. The number of hydrogen-bond acceptors (Lipinski definition) is 3. The van der Waals surface area contributed by atoms with E-state index in [1.165, 1.54) is 0 Å². The second-order valence-corrected chi connectivity index (χ2v) is 3.07. The lowest BCUT2D eigenvalue weighted by Gasteiger charge is -2.11. The van der Waals surface area contributed by atoms with Crippen molar-refractivity contribution in [3.05, 3.63) is 29.8 Å². The first kappa shape index (κ1) is 9.45. The summed E-state index contributed by atoms with van der Waals surface area (Å²) in [5.74, 6) is 0. The standard InChI is InChI=1S/C10H15N3/c1-3-4-7-5-8(11)6(2)9(12)10(7)13/h3,5H,1,4,11-13H2,2H3. The third-order valence-electron chi connectivity index (χ3n) is 2.17. The van der Waals surface area contributed by atoms with E-state index < -0.39 is 0 Å². The van der Waals surface area contributed by atoms with E-state index in [2.05, 4.69) is 6.58 Å². The molecule has 1 aromatic carbocycles. The Labute approximate surface area is 78.2 Å². The highest BCUT2D eigenvalue weighted by Gasteiger charge is 2.07. The molecule has 6 N–H and O–H groups in total. The molecule has 0 amide bonds. The second-order valence-electron chi connectivity index (χ2n) is 3.07. The average Bonchev–Trinajstić information content (AvgIpc) is 2.11. The molecule has 0 atom stereocenters. The minimum atomic E-state index is 0.580. The second kappa shape index (κ2) is 3.39. The summed E-state index contributed by atoms with van der Waals surface area (Å²) in [7, 11) is 0. The largest absolute Gasteiger partial charge is 0.398 e. The third kappa shape index (κ3) is 1.59. The molecular weight excluding hydrogens is 162 g/mol. The van der Waals surface area contributed by atoms with Crippen LogP contribution in [0.25, 0.3) is 0 Å². The number of nitrogen functional groups attached to an aromatic ring is 3. The van der Waals surface area contributed by atoms with Gasteiger partial charge in [-0.05, 0) is 30.5 Å². The number of hydrogen-bond donors (Lipinski definition) is 3. The van der Waals surface area contributed by atoms with Gasteiger partial charge in [-0.3, -0.25) is 0 Å². The molecule has 13 heavy (non-hydrogen) atoms. The molecule has 0 unspecified atom stereocenters. The molecule has 1 rings (SSSR count). The highest BCUT2D eigenvalue weighted by atomic mass is 14.7. The molecule has 0 radical (unpaired) electrons. The number of anilines is 3. The summed E-state index contributed by atoms with van der Waals surface area (Å²) in [6.45, 7) is 5.50. The van der Waals surface area contributed by atoms with Gasteiger partial charge < -0.3 is 17.2 Å². The Kier molecular flexibility index (Phi) is 2.46. The van der Waals surface area contributed by atoms with Crippen molar-refractivity contribution in [2.24, 2.45) is 0 Å². The summed E-state index contributed by atoms with van der Waals surface area (Å²) in [6.07, 6.45) is 2.47.